The van der Waals surface area contributed by atoms with E-state index in [2.05, 4.69) is 35.0 Å². The third-order valence-electron chi connectivity index (χ3n) is 5.99. The summed E-state index contributed by atoms with van der Waals surface area (Å²) in [4.78, 5) is 17.0. The van der Waals surface area contributed by atoms with Crippen molar-refractivity contribution in [2.24, 2.45) is 11.8 Å². The van der Waals surface area contributed by atoms with Crippen LogP contribution >= 0.6 is 11.6 Å². The summed E-state index contributed by atoms with van der Waals surface area (Å²) in [6.45, 7) is 8.70. The molecule has 5 heteroatoms. The van der Waals surface area contributed by atoms with Gasteiger partial charge >= 0.3 is 0 Å². The molecule has 1 aliphatic heterocycles. The lowest BCUT2D eigenvalue weighted by Gasteiger charge is -2.37. The molecule has 1 heterocycles. The number of piperazine rings is 1. The maximum absolute atomic E-state index is 12.4. The highest BCUT2D eigenvalue weighted by atomic mass is 35.5. The first-order valence-electron chi connectivity index (χ1n) is 9.56. The summed E-state index contributed by atoms with van der Waals surface area (Å²) in [5.41, 5.74) is 1.10. The van der Waals surface area contributed by atoms with Gasteiger partial charge in [0.1, 0.15) is 0 Å². The Labute approximate surface area is 156 Å². The monoisotopic (exact) mass is 363 g/mol. The standard InChI is InChI=1S/C20H30ClN3O/c1-15-6-5-8-18(16(15)2)22-20(25)14-23-10-12-24(13-11-23)19-9-4-3-7-17(19)21/h3-4,7,9,15-16,18H,5-6,8,10-14H2,1-2H3,(H,22,25)/t15-,16-,18-/m1/s1. The Hall–Kier alpha value is -1.26. The number of hydrogen-bond acceptors (Lipinski definition) is 3. The van der Waals surface area contributed by atoms with Gasteiger partial charge in [-0.1, -0.05) is 50.4 Å². The molecule has 1 aromatic rings. The lowest BCUT2D eigenvalue weighted by atomic mass is 9.78. The zero-order valence-electron chi connectivity index (χ0n) is 15.4. The second kappa shape index (κ2) is 8.41. The first kappa shape index (κ1) is 18.5. The van der Waals surface area contributed by atoms with E-state index < -0.39 is 0 Å². The molecular weight excluding hydrogens is 334 g/mol. The normalized spacial score (nSPS) is 28.0. The summed E-state index contributed by atoms with van der Waals surface area (Å²) in [6.07, 6.45) is 3.64. The summed E-state index contributed by atoms with van der Waals surface area (Å²) in [6, 6.07) is 8.33. The molecule has 3 rings (SSSR count). The van der Waals surface area contributed by atoms with Gasteiger partial charge in [0.05, 0.1) is 17.3 Å². The van der Waals surface area contributed by atoms with Gasteiger partial charge in [0, 0.05) is 32.2 Å². The molecule has 1 N–H and O–H groups in total. The first-order valence-corrected chi connectivity index (χ1v) is 9.93. The van der Waals surface area contributed by atoms with Crippen LogP contribution in [0.1, 0.15) is 33.1 Å². The topological polar surface area (TPSA) is 35.6 Å². The van der Waals surface area contributed by atoms with Gasteiger partial charge in [0.2, 0.25) is 5.91 Å². The predicted octanol–water partition coefficient (Wildman–Crippen LogP) is 3.40. The first-order chi connectivity index (χ1) is 12.0. The van der Waals surface area contributed by atoms with E-state index in [1.807, 2.05) is 18.2 Å². The Morgan fingerprint density at radius 2 is 1.88 bits per heavy atom. The van der Waals surface area contributed by atoms with E-state index in [0.717, 1.165) is 43.3 Å². The number of hydrogen-bond donors (Lipinski definition) is 1. The summed E-state index contributed by atoms with van der Waals surface area (Å²) >= 11 is 6.29. The Balaban J connectivity index is 1.46. The van der Waals surface area contributed by atoms with Crippen LogP contribution in [0.5, 0.6) is 0 Å². The lowest BCUT2D eigenvalue weighted by Crippen LogP contribution is -2.52. The fraction of sp³-hybridized carbons (Fsp3) is 0.650. The van der Waals surface area contributed by atoms with Crippen molar-refractivity contribution in [3.8, 4) is 0 Å². The van der Waals surface area contributed by atoms with Crippen LogP contribution in [0.25, 0.3) is 0 Å². The van der Waals surface area contributed by atoms with Crippen LogP contribution in [-0.4, -0.2) is 49.6 Å². The Morgan fingerprint density at radius 3 is 2.60 bits per heavy atom. The van der Waals surface area contributed by atoms with Gasteiger partial charge in [-0.15, -0.1) is 0 Å². The van der Waals surface area contributed by atoms with E-state index in [9.17, 15) is 4.79 Å². The highest BCUT2D eigenvalue weighted by Crippen LogP contribution is 2.29. The van der Waals surface area contributed by atoms with Crippen LogP contribution in [0, 0.1) is 11.8 Å². The molecule has 3 atom stereocenters. The van der Waals surface area contributed by atoms with Crippen molar-refractivity contribution in [2.45, 2.75) is 39.2 Å². The van der Waals surface area contributed by atoms with Crippen LogP contribution in [0.4, 0.5) is 5.69 Å². The van der Waals surface area contributed by atoms with Gasteiger partial charge in [-0.25, -0.2) is 0 Å². The molecular formula is C20H30ClN3O. The largest absolute Gasteiger partial charge is 0.368 e. The van der Waals surface area contributed by atoms with Crippen LogP contribution in [0.3, 0.4) is 0 Å². The number of amides is 1. The number of benzene rings is 1. The van der Waals surface area contributed by atoms with Crippen LogP contribution in [-0.2, 0) is 4.79 Å². The molecule has 0 unspecified atom stereocenters. The molecule has 1 saturated carbocycles. The number of halogens is 1. The number of anilines is 1. The van der Waals surface area contributed by atoms with Gasteiger partial charge in [0.15, 0.2) is 0 Å². The van der Waals surface area contributed by atoms with Crippen molar-refractivity contribution in [1.29, 1.82) is 0 Å². The quantitative estimate of drug-likeness (QED) is 0.890. The number of carbonyl (C=O) groups excluding carboxylic acids is 1. The summed E-state index contributed by atoms with van der Waals surface area (Å²) < 4.78 is 0. The number of rotatable bonds is 4. The molecule has 1 saturated heterocycles. The fourth-order valence-electron chi connectivity index (χ4n) is 4.10. The van der Waals surface area contributed by atoms with Crippen molar-refractivity contribution in [2.75, 3.05) is 37.6 Å². The minimum absolute atomic E-state index is 0.178. The van der Waals surface area contributed by atoms with E-state index in [-0.39, 0.29) is 5.91 Å². The SMILES string of the molecule is C[C@@H]1[C@H](C)CCC[C@H]1NC(=O)CN1CCN(c2ccccc2Cl)CC1. The number of carbonyl (C=O) groups is 1. The molecule has 0 spiro atoms. The van der Waals surface area contributed by atoms with Crippen molar-refractivity contribution in [3.05, 3.63) is 29.3 Å². The molecule has 2 aliphatic rings. The van der Waals surface area contributed by atoms with Crippen molar-refractivity contribution in [1.82, 2.24) is 10.2 Å². The minimum Gasteiger partial charge on any atom is -0.368 e. The van der Waals surface area contributed by atoms with Gasteiger partial charge in [-0.2, -0.15) is 0 Å². The summed E-state index contributed by atoms with van der Waals surface area (Å²) in [5.74, 6) is 1.46. The molecule has 25 heavy (non-hydrogen) atoms. The third kappa shape index (κ3) is 4.68. The highest BCUT2D eigenvalue weighted by Gasteiger charge is 2.29. The zero-order valence-corrected chi connectivity index (χ0v) is 16.1. The van der Waals surface area contributed by atoms with Gasteiger partial charge < -0.3 is 10.2 Å². The van der Waals surface area contributed by atoms with Crippen LogP contribution in [0.2, 0.25) is 5.02 Å². The number of nitrogens with zero attached hydrogens (tertiary/aromatic N) is 2. The Bertz CT molecular complexity index is 586. The summed E-state index contributed by atoms with van der Waals surface area (Å²) in [5, 5.41) is 4.08. The second-order valence-electron chi connectivity index (χ2n) is 7.66. The van der Waals surface area contributed by atoms with Gasteiger partial charge in [-0.3, -0.25) is 9.69 Å². The lowest BCUT2D eigenvalue weighted by molar-refractivity contribution is -0.123. The minimum atomic E-state index is 0.178. The van der Waals surface area contributed by atoms with E-state index in [0.29, 0.717) is 24.4 Å². The molecule has 1 aliphatic carbocycles. The Kier molecular flexibility index (Phi) is 6.24. The van der Waals surface area contributed by atoms with Gasteiger partial charge in [-0.05, 0) is 30.4 Å². The molecule has 4 nitrogen and oxygen atoms in total. The van der Waals surface area contributed by atoms with Crippen molar-refractivity contribution >= 4 is 23.2 Å². The van der Waals surface area contributed by atoms with Crippen molar-refractivity contribution < 1.29 is 4.79 Å². The fourth-order valence-corrected chi connectivity index (χ4v) is 4.35. The maximum Gasteiger partial charge on any atom is 0.234 e. The zero-order chi connectivity index (χ0) is 17.8. The van der Waals surface area contributed by atoms with Gasteiger partial charge in [0.25, 0.3) is 0 Å². The third-order valence-corrected chi connectivity index (χ3v) is 6.31. The molecule has 0 bridgehead atoms. The summed E-state index contributed by atoms with van der Waals surface area (Å²) in [7, 11) is 0. The smallest absolute Gasteiger partial charge is 0.234 e. The highest BCUT2D eigenvalue weighted by molar-refractivity contribution is 6.33. The van der Waals surface area contributed by atoms with Crippen molar-refractivity contribution in [3.63, 3.8) is 0 Å². The molecule has 2 fully saturated rings. The molecule has 138 valence electrons. The van der Waals surface area contributed by atoms with E-state index >= 15 is 0 Å². The molecule has 0 radical (unpaired) electrons. The predicted molar refractivity (Wildman–Crippen MR) is 104 cm³/mol. The Morgan fingerprint density at radius 1 is 1.16 bits per heavy atom. The number of para-hydroxylation sites is 1. The van der Waals surface area contributed by atoms with Crippen LogP contribution in [0.15, 0.2) is 24.3 Å². The molecule has 1 aromatic carbocycles. The van der Waals surface area contributed by atoms with E-state index in [1.165, 1.54) is 12.8 Å². The maximum atomic E-state index is 12.4. The molecule has 1 amide bonds. The van der Waals surface area contributed by atoms with E-state index in [4.69, 9.17) is 11.6 Å². The van der Waals surface area contributed by atoms with E-state index in [1.54, 1.807) is 0 Å². The average Bonchev–Trinajstić information content (AvgIpc) is 2.60. The average molecular weight is 364 g/mol. The second-order valence-corrected chi connectivity index (χ2v) is 8.06. The number of nitrogens with one attached hydrogen (secondary N) is 1. The van der Waals surface area contributed by atoms with Crippen LogP contribution < -0.4 is 10.2 Å². The molecule has 0 aromatic heterocycles.